The van der Waals surface area contributed by atoms with Crippen LogP contribution in [-0.2, 0) is 10.8 Å². The molecule has 0 saturated carbocycles. The zero-order chi connectivity index (χ0) is 11.6. The molecular formula is C8H12N2O4S. The standard InChI is InChI=1S/C8H12N2O4S/c1-5(4-15(2)14)10-7(12)3-6(11)9-8(10)13/h3,5,12H,4H2,1-2H3,(H,9,11,13). The minimum absolute atomic E-state index is 0.236. The van der Waals surface area contributed by atoms with Gasteiger partial charge >= 0.3 is 5.69 Å². The predicted molar refractivity (Wildman–Crippen MR) is 56.6 cm³/mol. The third-order valence-electron chi connectivity index (χ3n) is 1.87. The van der Waals surface area contributed by atoms with Crippen molar-refractivity contribution in [1.82, 2.24) is 9.55 Å². The van der Waals surface area contributed by atoms with Gasteiger partial charge in [-0.15, -0.1) is 0 Å². The molecule has 6 nitrogen and oxygen atoms in total. The van der Waals surface area contributed by atoms with Crippen molar-refractivity contribution in [2.24, 2.45) is 0 Å². The van der Waals surface area contributed by atoms with Crippen molar-refractivity contribution >= 4 is 10.8 Å². The molecule has 0 bridgehead atoms. The van der Waals surface area contributed by atoms with Crippen molar-refractivity contribution in [2.45, 2.75) is 13.0 Å². The van der Waals surface area contributed by atoms with E-state index in [-0.39, 0.29) is 5.75 Å². The summed E-state index contributed by atoms with van der Waals surface area (Å²) in [6, 6.07) is 0.483. The van der Waals surface area contributed by atoms with Crippen LogP contribution in [0.2, 0.25) is 0 Å². The van der Waals surface area contributed by atoms with Gasteiger partial charge < -0.3 is 5.11 Å². The van der Waals surface area contributed by atoms with Crippen LogP contribution in [0.1, 0.15) is 13.0 Å². The van der Waals surface area contributed by atoms with E-state index in [0.717, 1.165) is 10.6 Å². The lowest BCUT2D eigenvalue weighted by Gasteiger charge is -2.14. The molecule has 0 aliphatic rings. The largest absolute Gasteiger partial charge is 0.494 e. The monoisotopic (exact) mass is 232 g/mol. The lowest BCUT2D eigenvalue weighted by atomic mass is 10.4. The number of hydrogen-bond acceptors (Lipinski definition) is 4. The van der Waals surface area contributed by atoms with Crippen molar-refractivity contribution in [3.63, 3.8) is 0 Å². The molecule has 15 heavy (non-hydrogen) atoms. The molecule has 1 aromatic rings. The van der Waals surface area contributed by atoms with E-state index >= 15 is 0 Å². The molecule has 84 valence electrons. The maximum absolute atomic E-state index is 11.3. The Hall–Kier alpha value is -1.37. The van der Waals surface area contributed by atoms with E-state index in [0.29, 0.717) is 0 Å². The van der Waals surface area contributed by atoms with Gasteiger partial charge in [-0.1, -0.05) is 0 Å². The summed E-state index contributed by atoms with van der Waals surface area (Å²) in [6.45, 7) is 1.64. The third-order valence-corrected chi connectivity index (χ3v) is 2.82. The average molecular weight is 232 g/mol. The van der Waals surface area contributed by atoms with Gasteiger partial charge in [-0.2, -0.15) is 0 Å². The van der Waals surface area contributed by atoms with Crippen LogP contribution < -0.4 is 11.2 Å². The second-order valence-corrected chi connectivity index (χ2v) is 4.74. The fourth-order valence-corrected chi connectivity index (χ4v) is 2.16. The molecule has 2 atom stereocenters. The van der Waals surface area contributed by atoms with E-state index in [1.807, 2.05) is 4.98 Å². The molecule has 1 heterocycles. The molecule has 0 aliphatic carbocycles. The van der Waals surface area contributed by atoms with Crippen LogP contribution in [0.4, 0.5) is 0 Å². The average Bonchev–Trinajstić information content (AvgIpc) is 1.99. The molecule has 0 fully saturated rings. The first-order chi connectivity index (χ1) is 6.91. The first-order valence-corrected chi connectivity index (χ1v) is 5.99. The number of rotatable bonds is 3. The van der Waals surface area contributed by atoms with Crippen molar-refractivity contribution in [2.75, 3.05) is 12.0 Å². The Morgan fingerprint density at radius 3 is 2.67 bits per heavy atom. The highest BCUT2D eigenvalue weighted by atomic mass is 32.2. The SMILES string of the molecule is CC(CS(C)=O)n1c(O)cc(=O)[nH]c1=O. The Labute approximate surface area is 88.0 Å². The summed E-state index contributed by atoms with van der Waals surface area (Å²) < 4.78 is 12.0. The zero-order valence-electron chi connectivity index (χ0n) is 8.39. The maximum Gasteiger partial charge on any atom is 0.331 e. The summed E-state index contributed by atoms with van der Waals surface area (Å²) in [5.41, 5.74) is -1.35. The lowest BCUT2D eigenvalue weighted by Crippen LogP contribution is -2.32. The van der Waals surface area contributed by atoms with Crippen LogP contribution >= 0.6 is 0 Å². The number of H-pyrrole nitrogens is 1. The Bertz CT molecular complexity index is 490. The molecule has 0 saturated heterocycles. The summed E-state index contributed by atoms with van der Waals surface area (Å²) in [5.74, 6) is -0.179. The molecule has 2 unspecified atom stereocenters. The minimum atomic E-state index is -1.08. The quantitative estimate of drug-likeness (QED) is 0.712. The van der Waals surface area contributed by atoms with Crippen LogP contribution in [0, 0.1) is 0 Å². The summed E-state index contributed by atoms with van der Waals surface area (Å²) in [4.78, 5) is 24.2. The van der Waals surface area contributed by atoms with Gasteiger partial charge in [-0.25, -0.2) is 4.79 Å². The summed E-state index contributed by atoms with van der Waals surface area (Å²) >= 11 is 0. The van der Waals surface area contributed by atoms with E-state index in [2.05, 4.69) is 0 Å². The topological polar surface area (TPSA) is 92.2 Å². The van der Waals surface area contributed by atoms with Crippen LogP contribution in [0.3, 0.4) is 0 Å². The molecule has 1 aromatic heterocycles. The maximum atomic E-state index is 11.3. The highest BCUT2D eigenvalue weighted by molar-refractivity contribution is 7.84. The van der Waals surface area contributed by atoms with Gasteiger partial charge in [0, 0.05) is 22.8 Å². The van der Waals surface area contributed by atoms with Crippen molar-refractivity contribution in [3.8, 4) is 5.88 Å². The van der Waals surface area contributed by atoms with Crippen molar-refractivity contribution in [3.05, 3.63) is 26.9 Å². The normalized spacial score (nSPS) is 14.8. The molecule has 0 aromatic carbocycles. The Morgan fingerprint density at radius 1 is 1.60 bits per heavy atom. The zero-order valence-corrected chi connectivity index (χ0v) is 9.21. The minimum Gasteiger partial charge on any atom is -0.494 e. The van der Waals surface area contributed by atoms with Gasteiger partial charge in [0.15, 0.2) is 0 Å². The predicted octanol–water partition coefficient (Wildman–Crippen LogP) is -0.818. The second kappa shape index (κ2) is 4.43. The summed E-state index contributed by atoms with van der Waals surface area (Å²) in [7, 11) is -1.08. The molecule has 0 radical (unpaired) electrons. The lowest BCUT2D eigenvalue weighted by molar-refractivity contribution is 0.383. The first kappa shape index (κ1) is 11.7. The summed E-state index contributed by atoms with van der Waals surface area (Å²) in [6.07, 6.45) is 1.50. The Balaban J connectivity index is 3.20. The van der Waals surface area contributed by atoms with Gasteiger partial charge in [0.25, 0.3) is 5.56 Å². The fourth-order valence-electron chi connectivity index (χ4n) is 1.33. The number of aromatic nitrogens is 2. The summed E-state index contributed by atoms with van der Waals surface area (Å²) in [5, 5.41) is 9.40. The smallest absolute Gasteiger partial charge is 0.331 e. The third kappa shape index (κ3) is 2.79. The van der Waals surface area contributed by atoms with Gasteiger partial charge in [-0.05, 0) is 6.92 Å². The van der Waals surface area contributed by atoms with E-state index in [1.54, 1.807) is 6.92 Å². The van der Waals surface area contributed by atoms with Gasteiger partial charge in [0.2, 0.25) is 5.88 Å². The van der Waals surface area contributed by atoms with Crippen LogP contribution in [0.25, 0.3) is 0 Å². The first-order valence-electron chi connectivity index (χ1n) is 4.26. The van der Waals surface area contributed by atoms with E-state index in [9.17, 15) is 18.9 Å². The molecule has 0 spiro atoms. The highest BCUT2D eigenvalue weighted by Gasteiger charge is 2.13. The molecule has 0 aliphatic heterocycles. The molecular weight excluding hydrogens is 220 g/mol. The van der Waals surface area contributed by atoms with E-state index in [1.165, 1.54) is 6.26 Å². The number of nitrogens with one attached hydrogen (secondary N) is 1. The van der Waals surface area contributed by atoms with Crippen LogP contribution in [-0.4, -0.2) is 30.9 Å². The van der Waals surface area contributed by atoms with Crippen LogP contribution in [0.15, 0.2) is 15.7 Å². The van der Waals surface area contributed by atoms with E-state index in [4.69, 9.17) is 0 Å². The van der Waals surface area contributed by atoms with Gasteiger partial charge in [0.1, 0.15) is 0 Å². The van der Waals surface area contributed by atoms with Crippen LogP contribution in [0.5, 0.6) is 5.88 Å². The van der Waals surface area contributed by atoms with Gasteiger partial charge in [0.05, 0.1) is 12.1 Å². The fraction of sp³-hybridized carbons (Fsp3) is 0.500. The van der Waals surface area contributed by atoms with E-state index < -0.39 is 34.0 Å². The number of aromatic hydroxyl groups is 1. The van der Waals surface area contributed by atoms with Crippen molar-refractivity contribution in [1.29, 1.82) is 0 Å². The molecule has 7 heteroatoms. The Kier molecular flexibility index (Phi) is 3.46. The van der Waals surface area contributed by atoms with Crippen molar-refractivity contribution < 1.29 is 9.32 Å². The second-order valence-electron chi connectivity index (χ2n) is 3.26. The molecule has 2 N–H and O–H groups in total. The highest BCUT2D eigenvalue weighted by Crippen LogP contribution is 2.10. The number of hydrogen-bond donors (Lipinski definition) is 2. The number of aromatic amines is 1. The Morgan fingerprint density at radius 2 is 2.20 bits per heavy atom. The molecule has 1 rings (SSSR count). The molecule has 0 amide bonds. The van der Waals surface area contributed by atoms with Gasteiger partial charge in [-0.3, -0.25) is 18.6 Å². The number of nitrogens with zero attached hydrogens (tertiary/aromatic N) is 1.